The van der Waals surface area contributed by atoms with Gasteiger partial charge in [-0.2, -0.15) is 0 Å². The second-order valence-electron chi connectivity index (χ2n) is 7.45. The lowest BCUT2D eigenvalue weighted by atomic mass is 10.0. The molecule has 0 saturated carbocycles. The SMILES string of the molecule is CCCc1nnc2n1N[C@H](c1ccc(CC)cc1)[C@H](C(=O)Nc1cccc(OC)c1)S2. The van der Waals surface area contributed by atoms with Crippen LogP contribution >= 0.6 is 11.8 Å². The Bertz CT molecular complexity index is 1050. The van der Waals surface area contributed by atoms with Crippen LogP contribution in [0.2, 0.25) is 0 Å². The zero-order valence-corrected chi connectivity index (χ0v) is 18.8. The van der Waals surface area contributed by atoms with E-state index >= 15 is 0 Å². The van der Waals surface area contributed by atoms with Crippen molar-refractivity contribution in [3.05, 3.63) is 65.5 Å². The fourth-order valence-electron chi connectivity index (χ4n) is 3.61. The molecule has 1 amide bonds. The maximum atomic E-state index is 13.3. The maximum absolute atomic E-state index is 13.3. The molecule has 0 radical (unpaired) electrons. The number of hydrogen-bond acceptors (Lipinski definition) is 6. The number of hydrogen-bond donors (Lipinski definition) is 2. The molecule has 2 heterocycles. The molecule has 162 valence electrons. The first-order chi connectivity index (χ1) is 15.1. The van der Waals surface area contributed by atoms with E-state index in [1.165, 1.54) is 17.3 Å². The van der Waals surface area contributed by atoms with Crippen molar-refractivity contribution in [1.29, 1.82) is 0 Å². The van der Waals surface area contributed by atoms with Crippen LogP contribution in [0.1, 0.15) is 43.3 Å². The average Bonchev–Trinajstić information content (AvgIpc) is 3.20. The smallest absolute Gasteiger partial charge is 0.240 e. The van der Waals surface area contributed by atoms with Gasteiger partial charge in [0.2, 0.25) is 11.1 Å². The fraction of sp³-hybridized carbons (Fsp3) is 0.348. The van der Waals surface area contributed by atoms with E-state index < -0.39 is 5.25 Å². The molecule has 0 bridgehead atoms. The summed E-state index contributed by atoms with van der Waals surface area (Å²) in [6, 6.07) is 15.6. The number of benzene rings is 2. The summed E-state index contributed by atoms with van der Waals surface area (Å²) in [5, 5.41) is 12.0. The van der Waals surface area contributed by atoms with Gasteiger partial charge in [0, 0.05) is 18.2 Å². The Hall–Kier alpha value is -3.00. The number of carbonyl (C=O) groups excluding carboxylic acids is 1. The number of methoxy groups -OCH3 is 1. The van der Waals surface area contributed by atoms with E-state index in [0.29, 0.717) is 16.6 Å². The molecule has 0 aliphatic carbocycles. The van der Waals surface area contributed by atoms with Gasteiger partial charge < -0.3 is 15.5 Å². The number of ether oxygens (including phenoxy) is 1. The largest absolute Gasteiger partial charge is 0.497 e. The highest BCUT2D eigenvalue weighted by Gasteiger charge is 2.37. The van der Waals surface area contributed by atoms with Crippen molar-refractivity contribution in [3.63, 3.8) is 0 Å². The molecule has 7 nitrogen and oxygen atoms in total. The molecule has 1 aliphatic heterocycles. The quantitative estimate of drug-likeness (QED) is 0.577. The van der Waals surface area contributed by atoms with E-state index in [2.05, 4.69) is 59.1 Å². The van der Waals surface area contributed by atoms with Gasteiger partial charge in [0.1, 0.15) is 11.0 Å². The van der Waals surface area contributed by atoms with Gasteiger partial charge in [0.15, 0.2) is 5.82 Å². The summed E-state index contributed by atoms with van der Waals surface area (Å²) >= 11 is 1.44. The third kappa shape index (κ3) is 4.54. The minimum Gasteiger partial charge on any atom is -0.497 e. The van der Waals surface area contributed by atoms with Crippen LogP contribution in [0.5, 0.6) is 5.75 Å². The minimum atomic E-state index is -0.412. The van der Waals surface area contributed by atoms with Crippen molar-refractivity contribution in [2.75, 3.05) is 17.9 Å². The van der Waals surface area contributed by atoms with Crippen molar-refractivity contribution in [2.24, 2.45) is 0 Å². The number of aromatic nitrogens is 3. The Morgan fingerprint density at radius 1 is 1.19 bits per heavy atom. The summed E-state index contributed by atoms with van der Waals surface area (Å²) in [6.07, 6.45) is 2.77. The standard InChI is InChI=1S/C23H27N5O2S/c1-4-7-19-25-26-23-28(19)27-20(16-12-10-15(5-2)11-13-16)21(31-23)22(29)24-17-8-6-9-18(14-17)30-3/h6,8-14,20-21,27H,4-5,7H2,1-3H3,(H,24,29)/t20-,21-/m1/s1. The summed E-state index contributed by atoms with van der Waals surface area (Å²) in [7, 11) is 1.61. The number of thioether (sulfide) groups is 1. The molecular formula is C23H27N5O2S. The molecule has 0 saturated heterocycles. The average molecular weight is 438 g/mol. The molecule has 2 N–H and O–H groups in total. The van der Waals surface area contributed by atoms with E-state index in [9.17, 15) is 4.79 Å². The van der Waals surface area contributed by atoms with Gasteiger partial charge in [-0.15, -0.1) is 10.2 Å². The Kier molecular flexibility index (Phi) is 6.46. The van der Waals surface area contributed by atoms with E-state index in [1.807, 2.05) is 28.9 Å². The molecule has 0 spiro atoms. The summed E-state index contributed by atoms with van der Waals surface area (Å²) in [5.41, 5.74) is 6.52. The monoisotopic (exact) mass is 437 g/mol. The van der Waals surface area contributed by atoms with Gasteiger partial charge in [-0.3, -0.25) is 4.79 Å². The Morgan fingerprint density at radius 2 is 2.00 bits per heavy atom. The van der Waals surface area contributed by atoms with Gasteiger partial charge in [-0.1, -0.05) is 55.9 Å². The molecule has 8 heteroatoms. The molecule has 3 aromatic rings. The van der Waals surface area contributed by atoms with Crippen molar-refractivity contribution in [1.82, 2.24) is 14.9 Å². The summed E-state index contributed by atoms with van der Waals surface area (Å²) in [6.45, 7) is 4.25. The topological polar surface area (TPSA) is 81.1 Å². The second-order valence-corrected chi connectivity index (χ2v) is 8.55. The van der Waals surface area contributed by atoms with Crippen LogP contribution in [0.15, 0.2) is 53.7 Å². The van der Waals surface area contributed by atoms with E-state index in [4.69, 9.17) is 4.74 Å². The molecule has 0 fully saturated rings. The van der Waals surface area contributed by atoms with Gasteiger partial charge in [0.25, 0.3) is 0 Å². The van der Waals surface area contributed by atoms with E-state index in [-0.39, 0.29) is 11.9 Å². The molecule has 2 atom stereocenters. The lowest BCUT2D eigenvalue weighted by Gasteiger charge is -2.33. The third-order valence-electron chi connectivity index (χ3n) is 5.32. The minimum absolute atomic E-state index is 0.0957. The number of rotatable bonds is 7. The van der Waals surface area contributed by atoms with E-state index in [1.54, 1.807) is 7.11 Å². The predicted octanol–water partition coefficient (Wildman–Crippen LogP) is 4.20. The van der Waals surface area contributed by atoms with Crippen LogP contribution in [0.25, 0.3) is 0 Å². The van der Waals surface area contributed by atoms with Crippen molar-refractivity contribution >= 4 is 23.4 Å². The molecule has 2 aromatic carbocycles. The molecule has 31 heavy (non-hydrogen) atoms. The van der Waals surface area contributed by atoms with Gasteiger partial charge in [-0.25, -0.2) is 4.68 Å². The van der Waals surface area contributed by atoms with Crippen molar-refractivity contribution in [2.45, 2.75) is 49.6 Å². The van der Waals surface area contributed by atoms with Crippen molar-refractivity contribution < 1.29 is 9.53 Å². The summed E-state index contributed by atoms with van der Waals surface area (Å²) in [5.74, 6) is 1.48. The number of carbonyl (C=O) groups is 1. The number of nitrogens with zero attached hydrogens (tertiary/aromatic N) is 3. The van der Waals surface area contributed by atoms with Gasteiger partial charge >= 0.3 is 0 Å². The summed E-state index contributed by atoms with van der Waals surface area (Å²) < 4.78 is 7.21. The highest BCUT2D eigenvalue weighted by molar-refractivity contribution is 8.00. The maximum Gasteiger partial charge on any atom is 0.240 e. The molecular weight excluding hydrogens is 410 g/mol. The molecule has 1 aromatic heterocycles. The van der Waals surface area contributed by atoms with Gasteiger partial charge in [-0.05, 0) is 36.1 Å². The molecule has 0 unspecified atom stereocenters. The van der Waals surface area contributed by atoms with Crippen LogP contribution in [0, 0.1) is 0 Å². The first-order valence-corrected chi connectivity index (χ1v) is 11.4. The van der Waals surface area contributed by atoms with Crippen LogP contribution in [0.4, 0.5) is 5.69 Å². The molecule has 4 rings (SSSR count). The summed E-state index contributed by atoms with van der Waals surface area (Å²) in [4.78, 5) is 13.3. The Balaban J connectivity index is 1.65. The van der Waals surface area contributed by atoms with Gasteiger partial charge in [0.05, 0.1) is 13.2 Å². The van der Waals surface area contributed by atoms with Crippen LogP contribution < -0.4 is 15.5 Å². The van der Waals surface area contributed by atoms with Crippen molar-refractivity contribution in [3.8, 4) is 5.75 Å². The van der Waals surface area contributed by atoms with Crippen LogP contribution in [-0.4, -0.2) is 33.1 Å². The number of aryl methyl sites for hydroxylation is 2. The number of nitrogens with one attached hydrogen (secondary N) is 2. The number of anilines is 1. The van der Waals surface area contributed by atoms with E-state index in [0.717, 1.165) is 30.7 Å². The zero-order chi connectivity index (χ0) is 21.8. The van der Waals surface area contributed by atoms with Crippen LogP contribution in [-0.2, 0) is 17.6 Å². The number of amides is 1. The Labute approximate surface area is 186 Å². The fourth-order valence-corrected chi connectivity index (χ4v) is 4.71. The lowest BCUT2D eigenvalue weighted by molar-refractivity contribution is -0.116. The predicted molar refractivity (Wildman–Crippen MR) is 123 cm³/mol. The highest BCUT2D eigenvalue weighted by atomic mass is 32.2. The molecule has 1 aliphatic rings. The Morgan fingerprint density at radius 3 is 2.71 bits per heavy atom. The zero-order valence-electron chi connectivity index (χ0n) is 18.0. The normalized spacial score (nSPS) is 17.5. The first-order valence-electron chi connectivity index (χ1n) is 10.5. The third-order valence-corrected chi connectivity index (χ3v) is 6.54. The highest BCUT2D eigenvalue weighted by Crippen LogP contribution is 2.38. The van der Waals surface area contributed by atoms with Crippen LogP contribution in [0.3, 0.4) is 0 Å². The first kappa shape index (κ1) is 21.2. The second kappa shape index (κ2) is 9.43. The lowest BCUT2D eigenvalue weighted by Crippen LogP contribution is -2.41. The number of fused-ring (bicyclic) bond motifs is 1.